The normalized spacial score (nSPS) is 22.4. The molecule has 128 valence electrons. The Bertz CT molecular complexity index is 273. The average Bonchev–Trinajstić information content (AvgIpc) is 2.49. The molecule has 0 unspecified atom stereocenters. The van der Waals surface area contributed by atoms with Crippen molar-refractivity contribution in [2.45, 2.75) is 89.9 Å². The van der Waals surface area contributed by atoms with Crippen LogP contribution in [0.3, 0.4) is 0 Å². The van der Waals surface area contributed by atoms with Crippen molar-refractivity contribution in [3.8, 4) is 0 Å². The van der Waals surface area contributed by atoms with E-state index in [-0.39, 0.29) is 6.42 Å². The maximum atomic E-state index is 11.4. The SMILES string of the molecule is O=C1CC(=O)OCCCCCCCCCCCCCCCO1. The van der Waals surface area contributed by atoms with E-state index in [0.717, 1.165) is 25.7 Å². The molecule has 0 saturated carbocycles. The van der Waals surface area contributed by atoms with Crippen molar-refractivity contribution in [3.05, 3.63) is 0 Å². The highest BCUT2D eigenvalue weighted by Crippen LogP contribution is 2.13. The van der Waals surface area contributed by atoms with Crippen LogP contribution in [0.15, 0.2) is 0 Å². The third-order valence-corrected chi connectivity index (χ3v) is 4.10. The van der Waals surface area contributed by atoms with Crippen molar-refractivity contribution < 1.29 is 19.1 Å². The van der Waals surface area contributed by atoms with Gasteiger partial charge >= 0.3 is 11.9 Å². The fourth-order valence-electron chi connectivity index (χ4n) is 2.74. The summed E-state index contributed by atoms with van der Waals surface area (Å²) >= 11 is 0. The van der Waals surface area contributed by atoms with Gasteiger partial charge < -0.3 is 9.47 Å². The predicted molar refractivity (Wildman–Crippen MR) is 86.6 cm³/mol. The smallest absolute Gasteiger partial charge is 0.317 e. The van der Waals surface area contributed by atoms with E-state index < -0.39 is 11.9 Å². The van der Waals surface area contributed by atoms with E-state index >= 15 is 0 Å². The van der Waals surface area contributed by atoms with Gasteiger partial charge in [0.1, 0.15) is 6.42 Å². The summed E-state index contributed by atoms with van der Waals surface area (Å²) in [5.41, 5.74) is 0. The van der Waals surface area contributed by atoms with Crippen molar-refractivity contribution in [2.24, 2.45) is 0 Å². The highest BCUT2D eigenvalue weighted by Gasteiger charge is 2.11. The van der Waals surface area contributed by atoms with Gasteiger partial charge in [-0.05, 0) is 12.8 Å². The van der Waals surface area contributed by atoms with Gasteiger partial charge in [0.15, 0.2) is 0 Å². The van der Waals surface area contributed by atoms with Crippen LogP contribution in [-0.2, 0) is 19.1 Å². The van der Waals surface area contributed by atoms with E-state index in [2.05, 4.69) is 0 Å². The van der Waals surface area contributed by atoms with Crippen molar-refractivity contribution in [2.75, 3.05) is 13.2 Å². The number of rotatable bonds is 0. The molecule has 22 heavy (non-hydrogen) atoms. The lowest BCUT2D eigenvalue weighted by Gasteiger charge is -2.07. The van der Waals surface area contributed by atoms with E-state index in [1.54, 1.807) is 0 Å². The molecule has 0 aliphatic carbocycles. The van der Waals surface area contributed by atoms with Crippen LogP contribution in [0.25, 0.3) is 0 Å². The van der Waals surface area contributed by atoms with Gasteiger partial charge in [-0.25, -0.2) is 0 Å². The third kappa shape index (κ3) is 11.6. The summed E-state index contributed by atoms with van der Waals surface area (Å²) in [6.07, 6.45) is 15.4. The predicted octanol–water partition coefficient (Wildman–Crippen LogP) is 4.55. The van der Waals surface area contributed by atoms with Gasteiger partial charge in [-0.3, -0.25) is 9.59 Å². The average molecular weight is 312 g/mol. The second-order valence-corrected chi connectivity index (χ2v) is 6.21. The molecule has 1 aliphatic heterocycles. The molecule has 0 aromatic heterocycles. The number of cyclic esters (lactones) is 2. The zero-order chi connectivity index (χ0) is 15.9. The first-order valence-corrected chi connectivity index (χ1v) is 9.10. The molecule has 1 rings (SSSR count). The second-order valence-electron chi connectivity index (χ2n) is 6.21. The largest absolute Gasteiger partial charge is 0.465 e. The second kappa shape index (κ2) is 13.6. The summed E-state index contributed by atoms with van der Waals surface area (Å²) in [5, 5.41) is 0. The van der Waals surface area contributed by atoms with Gasteiger partial charge in [-0.1, -0.05) is 70.6 Å². The molecule has 1 saturated heterocycles. The zero-order valence-electron chi connectivity index (χ0n) is 13.9. The molecule has 0 N–H and O–H groups in total. The lowest BCUT2D eigenvalue weighted by Crippen LogP contribution is -2.15. The number of ether oxygens (including phenoxy) is 2. The Hall–Kier alpha value is -1.06. The maximum absolute atomic E-state index is 11.4. The van der Waals surface area contributed by atoms with Gasteiger partial charge in [-0.2, -0.15) is 0 Å². The summed E-state index contributed by atoms with van der Waals surface area (Å²) in [5.74, 6) is -0.918. The quantitative estimate of drug-likeness (QED) is 0.486. The van der Waals surface area contributed by atoms with E-state index in [1.807, 2.05) is 0 Å². The van der Waals surface area contributed by atoms with Crippen LogP contribution in [0.2, 0.25) is 0 Å². The third-order valence-electron chi connectivity index (χ3n) is 4.10. The van der Waals surface area contributed by atoms with Crippen molar-refractivity contribution >= 4 is 11.9 Å². The van der Waals surface area contributed by atoms with Crippen molar-refractivity contribution in [1.82, 2.24) is 0 Å². The van der Waals surface area contributed by atoms with Crippen LogP contribution >= 0.6 is 0 Å². The summed E-state index contributed by atoms with van der Waals surface area (Å²) < 4.78 is 10.1. The minimum Gasteiger partial charge on any atom is -0.465 e. The Labute approximate surface area is 134 Å². The molecule has 1 fully saturated rings. The van der Waals surface area contributed by atoms with Crippen LogP contribution in [0, 0.1) is 0 Å². The molecule has 0 aromatic carbocycles. The van der Waals surface area contributed by atoms with E-state index in [1.165, 1.54) is 57.8 Å². The Balaban J connectivity index is 2.19. The van der Waals surface area contributed by atoms with Gasteiger partial charge in [0, 0.05) is 0 Å². The van der Waals surface area contributed by atoms with Gasteiger partial charge in [-0.15, -0.1) is 0 Å². The lowest BCUT2D eigenvalue weighted by molar-refractivity contribution is -0.154. The first-order chi connectivity index (χ1) is 10.8. The van der Waals surface area contributed by atoms with E-state index in [0.29, 0.717) is 13.2 Å². The number of esters is 2. The minimum atomic E-state index is -0.459. The molecule has 4 heteroatoms. The molecule has 0 bridgehead atoms. The lowest BCUT2D eigenvalue weighted by atomic mass is 10.0. The number of hydrogen-bond donors (Lipinski definition) is 0. The number of carbonyl (C=O) groups is 2. The number of carbonyl (C=O) groups excluding carboxylic acids is 2. The molecule has 4 nitrogen and oxygen atoms in total. The molecule has 1 heterocycles. The van der Waals surface area contributed by atoms with Gasteiger partial charge in [0.2, 0.25) is 0 Å². The van der Waals surface area contributed by atoms with Crippen LogP contribution in [0.4, 0.5) is 0 Å². The molecule has 0 radical (unpaired) electrons. The molecule has 0 atom stereocenters. The van der Waals surface area contributed by atoms with Crippen LogP contribution in [0.5, 0.6) is 0 Å². The summed E-state index contributed by atoms with van der Waals surface area (Å²) in [7, 11) is 0. The molecule has 0 spiro atoms. The monoisotopic (exact) mass is 312 g/mol. The summed E-state index contributed by atoms with van der Waals surface area (Å²) in [6.45, 7) is 0.845. The van der Waals surface area contributed by atoms with Crippen LogP contribution < -0.4 is 0 Å². The maximum Gasteiger partial charge on any atom is 0.317 e. The summed E-state index contributed by atoms with van der Waals surface area (Å²) in [4.78, 5) is 22.9. The van der Waals surface area contributed by atoms with Gasteiger partial charge in [0.05, 0.1) is 13.2 Å². The molecule has 0 amide bonds. The Morgan fingerprint density at radius 3 is 1.05 bits per heavy atom. The van der Waals surface area contributed by atoms with E-state index in [9.17, 15) is 9.59 Å². The topological polar surface area (TPSA) is 52.6 Å². The fraction of sp³-hybridized carbons (Fsp3) is 0.889. The van der Waals surface area contributed by atoms with Crippen molar-refractivity contribution in [1.29, 1.82) is 0 Å². The first kappa shape index (κ1) is 19.0. The standard InChI is InChI=1S/C18H32O4/c19-17-16-18(20)22-15-13-11-9-7-5-3-1-2-4-6-8-10-12-14-21-17/h1-16H2. The molecule has 1 aliphatic rings. The Morgan fingerprint density at radius 2 is 0.727 bits per heavy atom. The molecular weight excluding hydrogens is 280 g/mol. The highest BCUT2D eigenvalue weighted by molar-refractivity contribution is 5.91. The van der Waals surface area contributed by atoms with Crippen molar-refractivity contribution in [3.63, 3.8) is 0 Å². The fourth-order valence-corrected chi connectivity index (χ4v) is 2.74. The minimum absolute atomic E-state index is 0.250. The van der Waals surface area contributed by atoms with E-state index in [4.69, 9.17) is 9.47 Å². The van der Waals surface area contributed by atoms with Crippen LogP contribution in [-0.4, -0.2) is 25.2 Å². The Morgan fingerprint density at radius 1 is 0.455 bits per heavy atom. The Kier molecular flexibility index (Phi) is 11.7. The van der Waals surface area contributed by atoms with Gasteiger partial charge in [0.25, 0.3) is 0 Å². The summed E-state index contributed by atoms with van der Waals surface area (Å²) in [6, 6.07) is 0. The van der Waals surface area contributed by atoms with Crippen LogP contribution in [0.1, 0.15) is 89.9 Å². The zero-order valence-corrected chi connectivity index (χ0v) is 13.9. The molecular formula is C18H32O4. The molecule has 0 aromatic rings. The first-order valence-electron chi connectivity index (χ1n) is 9.10. The highest BCUT2D eigenvalue weighted by atomic mass is 16.6. The number of hydrogen-bond acceptors (Lipinski definition) is 4.